The number of aromatic nitrogens is 3. The van der Waals surface area contributed by atoms with E-state index < -0.39 is 0 Å². The Hall–Kier alpha value is -2.66. The fraction of sp³-hybridized carbons (Fsp3) is 0.0435. The number of para-hydroxylation sites is 1. The van der Waals surface area contributed by atoms with Gasteiger partial charge >= 0.3 is 0 Å². The van der Waals surface area contributed by atoms with Gasteiger partial charge in [0.15, 0.2) is 0 Å². The number of hydrogen-bond acceptors (Lipinski definition) is 3. The first-order valence-electron chi connectivity index (χ1n) is 9.10. The number of benzene rings is 3. The third kappa shape index (κ3) is 3.79. The van der Waals surface area contributed by atoms with E-state index in [0.29, 0.717) is 16.6 Å². The van der Waals surface area contributed by atoms with E-state index in [1.54, 1.807) is 17.4 Å². The second-order valence-corrected chi connectivity index (χ2v) is 8.61. The van der Waals surface area contributed by atoms with Crippen molar-refractivity contribution in [2.45, 2.75) is 6.54 Å². The first-order chi connectivity index (χ1) is 14.2. The SMILES string of the molecule is Clc1cc(Cl)cc(-c2cc(-c3nc4ccccc4s3)n(Cc3ccccc3)n2)c1. The van der Waals surface area contributed by atoms with Crippen molar-refractivity contribution in [2.24, 2.45) is 0 Å². The minimum absolute atomic E-state index is 0.589. The molecule has 0 aliphatic heterocycles. The predicted octanol–water partition coefficient (Wildman–Crippen LogP) is 7.18. The Kier molecular flexibility index (Phi) is 4.84. The van der Waals surface area contributed by atoms with Gasteiger partial charge in [-0.15, -0.1) is 11.3 Å². The normalized spacial score (nSPS) is 11.2. The highest BCUT2D eigenvalue weighted by molar-refractivity contribution is 7.21. The molecule has 0 amide bonds. The smallest absolute Gasteiger partial charge is 0.142 e. The molecule has 3 aromatic carbocycles. The molecule has 0 aliphatic carbocycles. The molecule has 29 heavy (non-hydrogen) atoms. The lowest BCUT2D eigenvalue weighted by Gasteiger charge is -2.05. The van der Waals surface area contributed by atoms with Gasteiger partial charge in [0.2, 0.25) is 0 Å². The summed E-state index contributed by atoms with van der Waals surface area (Å²) in [4.78, 5) is 4.83. The molecule has 142 valence electrons. The molecule has 0 bridgehead atoms. The first kappa shape index (κ1) is 18.4. The van der Waals surface area contributed by atoms with Crippen LogP contribution in [-0.4, -0.2) is 14.8 Å². The van der Waals surface area contributed by atoms with Crippen LogP contribution in [0.1, 0.15) is 5.56 Å². The molecule has 0 aliphatic rings. The third-order valence-electron chi connectivity index (χ3n) is 4.63. The second kappa shape index (κ2) is 7.64. The zero-order valence-electron chi connectivity index (χ0n) is 15.2. The summed E-state index contributed by atoms with van der Waals surface area (Å²) in [5, 5.41) is 6.99. The lowest BCUT2D eigenvalue weighted by molar-refractivity contribution is 0.696. The molecule has 6 heteroatoms. The summed E-state index contributed by atoms with van der Waals surface area (Å²) < 4.78 is 3.15. The molecule has 0 fully saturated rings. The lowest BCUT2D eigenvalue weighted by atomic mass is 10.1. The van der Waals surface area contributed by atoms with Gasteiger partial charge in [-0.25, -0.2) is 4.98 Å². The van der Waals surface area contributed by atoms with Crippen LogP contribution in [0.25, 0.3) is 32.2 Å². The molecule has 0 spiro atoms. The van der Waals surface area contributed by atoms with Gasteiger partial charge in [0.05, 0.1) is 28.1 Å². The van der Waals surface area contributed by atoms with Crippen LogP contribution >= 0.6 is 34.5 Å². The number of nitrogens with zero attached hydrogens (tertiary/aromatic N) is 3. The predicted molar refractivity (Wildman–Crippen MR) is 122 cm³/mol. The van der Waals surface area contributed by atoms with Gasteiger partial charge in [-0.1, -0.05) is 65.7 Å². The maximum Gasteiger partial charge on any atom is 0.142 e. The van der Waals surface area contributed by atoms with E-state index >= 15 is 0 Å². The second-order valence-electron chi connectivity index (χ2n) is 6.70. The third-order valence-corrected chi connectivity index (χ3v) is 6.12. The molecule has 0 atom stereocenters. The van der Waals surface area contributed by atoms with Crippen LogP contribution in [0.15, 0.2) is 78.9 Å². The molecule has 2 heterocycles. The van der Waals surface area contributed by atoms with Crippen LogP contribution in [-0.2, 0) is 6.54 Å². The van der Waals surface area contributed by atoms with Crippen LogP contribution in [0.4, 0.5) is 0 Å². The first-order valence-corrected chi connectivity index (χ1v) is 10.7. The molecule has 0 saturated heterocycles. The lowest BCUT2D eigenvalue weighted by Crippen LogP contribution is -2.03. The van der Waals surface area contributed by atoms with Crippen LogP contribution in [0.2, 0.25) is 10.0 Å². The summed E-state index contributed by atoms with van der Waals surface area (Å²) in [5.41, 5.74) is 4.85. The van der Waals surface area contributed by atoms with Gasteiger partial charge in [0.1, 0.15) is 5.01 Å². The van der Waals surface area contributed by atoms with Crippen molar-refractivity contribution < 1.29 is 0 Å². The van der Waals surface area contributed by atoms with Gasteiger partial charge in [0.25, 0.3) is 0 Å². The number of fused-ring (bicyclic) bond motifs is 1. The van der Waals surface area contributed by atoms with E-state index in [1.165, 1.54) is 5.56 Å². The number of rotatable bonds is 4. The van der Waals surface area contributed by atoms with E-state index in [0.717, 1.165) is 32.2 Å². The molecule has 3 nitrogen and oxygen atoms in total. The number of halogens is 2. The molecule has 0 radical (unpaired) electrons. The summed E-state index contributed by atoms with van der Waals surface area (Å²) in [5.74, 6) is 0. The van der Waals surface area contributed by atoms with Crippen molar-refractivity contribution >= 4 is 44.8 Å². The maximum atomic E-state index is 6.22. The maximum absolute atomic E-state index is 6.22. The summed E-state index contributed by atoms with van der Waals surface area (Å²) in [7, 11) is 0. The quantitative estimate of drug-likeness (QED) is 0.299. The Labute approximate surface area is 182 Å². The molecule has 0 saturated carbocycles. The van der Waals surface area contributed by atoms with Gasteiger partial charge in [-0.2, -0.15) is 5.10 Å². The van der Waals surface area contributed by atoms with Crippen molar-refractivity contribution in [1.82, 2.24) is 14.8 Å². The molecule has 5 rings (SSSR count). The topological polar surface area (TPSA) is 30.7 Å². The molecule has 0 unspecified atom stereocenters. The average Bonchev–Trinajstić information content (AvgIpc) is 3.32. The highest BCUT2D eigenvalue weighted by atomic mass is 35.5. The minimum Gasteiger partial charge on any atom is -0.257 e. The van der Waals surface area contributed by atoms with Crippen molar-refractivity contribution in [3.8, 4) is 22.0 Å². The van der Waals surface area contributed by atoms with E-state index in [4.69, 9.17) is 33.3 Å². The standard InChI is InChI=1S/C23H15Cl2N3S/c24-17-10-16(11-18(25)12-17)20-13-21(23-26-19-8-4-5-9-22(19)29-23)28(27-20)14-15-6-2-1-3-7-15/h1-13H,14H2. The van der Waals surface area contributed by atoms with Crippen LogP contribution in [0.5, 0.6) is 0 Å². The summed E-state index contributed by atoms with van der Waals surface area (Å²) >= 11 is 14.1. The molecule has 5 aromatic rings. The summed E-state index contributed by atoms with van der Waals surface area (Å²) in [6.07, 6.45) is 0. The van der Waals surface area contributed by atoms with Crippen LogP contribution < -0.4 is 0 Å². The van der Waals surface area contributed by atoms with Crippen molar-refractivity contribution in [1.29, 1.82) is 0 Å². The Balaban J connectivity index is 1.65. The van der Waals surface area contributed by atoms with E-state index in [2.05, 4.69) is 24.3 Å². The van der Waals surface area contributed by atoms with Crippen molar-refractivity contribution in [2.75, 3.05) is 0 Å². The Morgan fingerprint density at radius 3 is 2.31 bits per heavy atom. The molecular weight excluding hydrogens is 421 g/mol. The molecular formula is C23H15Cl2N3S. The average molecular weight is 436 g/mol. The Morgan fingerprint density at radius 1 is 0.828 bits per heavy atom. The Bertz CT molecular complexity index is 1260. The molecule has 2 aromatic heterocycles. The van der Waals surface area contributed by atoms with E-state index in [9.17, 15) is 0 Å². The largest absolute Gasteiger partial charge is 0.257 e. The van der Waals surface area contributed by atoms with E-state index in [1.807, 2.05) is 53.2 Å². The highest BCUT2D eigenvalue weighted by Gasteiger charge is 2.16. The number of hydrogen-bond donors (Lipinski definition) is 0. The van der Waals surface area contributed by atoms with Gasteiger partial charge in [-0.05, 0) is 42.0 Å². The zero-order valence-corrected chi connectivity index (χ0v) is 17.5. The fourth-order valence-electron chi connectivity index (χ4n) is 3.29. The van der Waals surface area contributed by atoms with Gasteiger partial charge < -0.3 is 0 Å². The highest BCUT2D eigenvalue weighted by Crippen LogP contribution is 2.34. The molecule has 0 N–H and O–H groups in total. The van der Waals surface area contributed by atoms with Gasteiger partial charge in [-0.3, -0.25) is 4.68 Å². The van der Waals surface area contributed by atoms with Gasteiger partial charge in [0, 0.05) is 15.6 Å². The van der Waals surface area contributed by atoms with Crippen molar-refractivity contribution in [3.63, 3.8) is 0 Å². The van der Waals surface area contributed by atoms with Crippen LogP contribution in [0, 0.1) is 0 Å². The Morgan fingerprint density at radius 2 is 1.55 bits per heavy atom. The summed E-state index contributed by atoms with van der Waals surface area (Å²) in [6.45, 7) is 0.653. The monoisotopic (exact) mass is 435 g/mol. The summed E-state index contributed by atoms with van der Waals surface area (Å²) in [6, 6.07) is 26.0. The van der Waals surface area contributed by atoms with E-state index in [-0.39, 0.29) is 0 Å². The minimum atomic E-state index is 0.589. The number of thiazole rings is 1. The fourth-order valence-corrected chi connectivity index (χ4v) is 4.80. The zero-order chi connectivity index (χ0) is 19.8. The van der Waals surface area contributed by atoms with Crippen LogP contribution in [0.3, 0.4) is 0 Å². The van der Waals surface area contributed by atoms with Crippen molar-refractivity contribution in [3.05, 3.63) is 94.5 Å².